The molecular weight excluding hydrogens is 306 g/mol. The van der Waals surface area contributed by atoms with Crippen LogP contribution in [-0.2, 0) is 27.3 Å². The van der Waals surface area contributed by atoms with Crippen LogP contribution in [0.15, 0.2) is 24.3 Å². The highest BCUT2D eigenvalue weighted by atomic mass is 16.5. The number of carbonyl (C=O) groups excluding carboxylic acids is 2. The standard InChI is InChI=1S/C18H25N3O3/c1-14(22)21-13-16-5-3-2-4-15(16)12-17(21)18(23)19-6-7-20-8-10-24-11-9-20/h2-5,17H,6-13H2,1H3,(H,19,23)/t17-/m1/s1. The van der Waals surface area contributed by atoms with Gasteiger partial charge in [0, 0.05) is 46.1 Å². The first-order valence-corrected chi connectivity index (χ1v) is 8.57. The average molecular weight is 331 g/mol. The van der Waals surface area contributed by atoms with Crippen LogP contribution in [0.1, 0.15) is 18.1 Å². The Hall–Kier alpha value is -1.92. The van der Waals surface area contributed by atoms with E-state index in [1.54, 1.807) is 4.90 Å². The first kappa shape index (κ1) is 16.9. The molecule has 1 fully saturated rings. The number of nitrogens with zero attached hydrogens (tertiary/aromatic N) is 2. The second-order valence-corrected chi connectivity index (χ2v) is 6.38. The molecule has 0 bridgehead atoms. The second-order valence-electron chi connectivity index (χ2n) is 6.38. The highest BCUT2D eigenvalue weighted by Crippen LogP contribution is 2.23. The van der Waals surface area contributed by atoms with Gasteiger partial charge in [-0.3, -0.25) is 14.5 Å². The lowest BCUT2D eigenvalue weighted by Crippen LogP contribution is -2.53. The summed E-state index contributed by atoms with van der Waals surface area (Å²) in [5.74, 6) is -0.120. The van der Waals surface area contributed by atoms with Gasteiger partial charge in [-0.05, 0) is 11.1 Å². The Morgan fingerprint density at radius 3 is 2.62 bits per heavy atom. The van der Waals surface area contributed by atoms with Gasteiger partial charge in [-0.1, -0.05) is 24.3 Å². The summed E-state index contributed by atoms with van der Waals surface area (Å²) in [7, 11) is 0. The van der Waals surface area contributed by atoms with Crippen LogP contribution in [-0.4, -0.2) is 67.0 Å². The molecule has 2 heterocycles. The lowest BCUT2D eigenvalue weighted by Gasteiger charge is -2.35. The summed E-state index contributed by atoms with van der Waals surface area (Å²) in [5.41, 5.74) is 2.29. The van der Waals surface area contributed by atoms with Crippen LogP contribution >= 0.6 is 0 Å². The quantitative estimate of drug-likeness (QED) is 0.868. The Balaban J connectivity index is 1.58. The van der Waals surface area contributed by atoms with E-state index in [2.05, 4.69) is 10.2 Å². The lowest BCUT2D eigenvalue weighted by atomic mass is 9.93. The van der Waals surface area contributed by atoms with E-state index in [0.29, 0.717) is 19.5 Å². The minimum absolute atomic E-state index is 0.0576. The summed E-state index contributed by atoms with van der Waals surface area (Å²) >= 11 is 0. The first-order chi connectivity index (χ1) is 11.6. The molecule has 2 amide bonds. The van der Waals surface area contributed by atoms with Gasteiger partial charge in [-0.2, -0.15) is 0 Å². The Morgan fingerprint density at radius 1 is 1.21 bits per heavy atom. The topological polar surface area (TPSA) is 61.9 Å². The molecule has 130 valence electrons. The fraction of sp³-hybridized carbons (Fsp3) is 0.556. The number of hydrogen-bond acceptors (Lipinski definition) is 4. The zero-order valence-electron chi connectivity index (χ0n) is 14.2. The van der Waals surface area contributed by atoms with E-state index < -0.39 is 6.04 Å². The van der Waals surface area contributed by atoms with Gasteiger partial charge < -0.3 is 15.0 Å². The molecule has 24 heavy (non-hydrogen) atoms. The highest BCUT2D eigenvalue weighted by molar-refractivity contribution is 5.87. The van der Waals surface area contributed by atoms with Gasteiger partial charge in [0.2, 0.25) is 11.8 Å². The third-order valence-electron chi connectivity index (χ3n) is 4.79. The van der Waals surface area contributed by atoms with Crippen molar-refractivity contribution in [2.75, 3.05) is 39.4 Å². The van der Waals surface area contributed by atoms with Crippen LogP contribution in [0.2, 0.25) is 0 Å². The van der Waals surface area contributed by atoms with E-state index in [1.807, 2.05) is 24.3 Å². The number of rotatable bonds is 4. The number of fused-ring (bicyclic) bond motifs is 1. The lowest BCUT2D eigenvalue weighted by molar-refractivity contribution is -0.140. The number of benzene rings is 1. The van der Waals surface area contributed by atoms with E-state index in [9.17, 15) is 9.59 Å². The molecule has 1 atom stereocenters. The van der Waals surface area contributed by atoms with Gasteiger partial charge in [-0.25, -0.2) is 0 Å². The van der Waals surface area contributed by atoms with Crippen LogP contribution in [0.4, 0.5) is 0 Å². The molecule has 0 radical (unpaired) electrons. The molecule has 2 aliphatic rings. The van der Waals surface area contributed by atoms with E-state index >= 15 is 0 Å². The summed E-state index contributed by atoms with van der Waals surface area (Å²) < 4.78 is 5.32. The first-order valence-electron chi connectivity index (χ1n) is 8.57. The third kappa shape index (κ3) is 3.94. The van der Waals surface area contributed by atoms with Gasteiger partial charge in [0.05, 0.1) is 13.2 Å². The maximum atomic E-state index is 12.6. The molecule has 1 N–H and O–H groups in total. The van der Waals surface area contributed by atoms with Crippen LogP contribution in [0.5, 0.6) is 0 Å². The second kappa shape index (κ2) is 7.77. The Kier molecular flexibility index (Phi) is 5.48. The smallest absolute Gasteiger partial charge is 0.243 e. The predicted molar refractivity (Wildman–Crippen MR) is 90.4 cm³/mol. The number of morpholine rings is 1. The zero-order valence-corrected chi connectivity index (χ0v) is 14.2. The molecule has 6 heteroatoms. The Bertz CT molecular complexity index is 599. The van der Waals surface area contributed by atoms with E-state index in [1.165, 1.54) is 6.92 Å². The number of amides is 2. The molecule has 0 unspecified atom stereocenters. The fourth-order valence-electron chi connectivity index (χ4n) is 3.37. The number of carbonyl (C=O) groups is 2. The summed E-state index contributed by atoms with van der Waals surface area (Å²) in [4.78, 5) is 28.5. The van der Waals surface area contributed by atoms with Crippen LogP contribution in [0, 0.1) is 0 Å². The molecule has 6 nitrogen and oxygen atoms in total. The van der Waals surface area contributed by atoms with Gasteiger partial charge in [0.1, 0.15) is 6.04 Å². The average Bonchev–Trinajstić information content (AvgIpc) is 2.61. The van der Waals surface area contributed by atoms with Crippen molar-refractivity contribution in [3.05, 3.63) is 35.4 Å². The van der Waals surface area contributed by atoms with Crippen molar-refractivity contribution in [2.45, 2.75) is 25.9 Å². The van der Waals surface area contributed by atoms with Gasteiger partial charge in [0.15, 0.2) is 0 Å². The summed E-state index contributed by atoms with van der Waals surface area (Å²) in [6.07, 6.45) is 0.582. The fourth-order valence-corrected chi connectivity index (χ4v) is 3.37. The van der Waals surface area contributed by atoms with E-state index in [4.69, 9.17) is 4.74 Å². The number of nitrogens with one attached hydrogen (secondary N) is 1. The minimum atomic E-state index is -0.415. The molecule has 0 saturated carbocycles. The number of hydrogen-bond donors (Lipinski definition) is 1. The SMILES string of the molecule is CC(=O)N1Cc2ccccc2C[C@@H]1C(=O)NCCN1CCOCC1. The maximum absolute atomic E-state index is 12.6. The predicted octanol–water partition coefficient (Wildman–Crippen LogP) is 0.408. The minimum Gasteiger partial charge on any atom is -0.379 e. The van der Waals surface area contributed by atoms with Crippen LogP contribution in [0.25, 0.3) is 0 Å². The van der Waals surface area contributed by atoms with Crippen molar-refractivity contribution in [1.82, 2.24) is 15.1 Å². The highest BCUT2D eigenvalue weighted by Gasteiger charge is 2.32. The van der Waals surface area contributed by atoms with Crippen molar-refractivity contribution in [3.63, 3.8) is 0 Å². The molecule has 0 aliphatic carbocycles. The molecular formula is C18H25N3O3. The maximum Gasteiger partial charge on any atom is 0.243 e. The van der Waals surface area contributed by atoms with Crippen LogP contribution in [0.3, 0.4) is 0 Å². The van der Waals surface area contributed by atoms with Crippen molar-refractivity contribution in [3.8, 4) is 0 Å². The van der Waals surface area contributed by atoms with Gasteiger partial charge in [0.25, 0.3) is 0 Å². The molecule has 1 aromatic rings. The van der Waals surface area contributed by atoms with Crippen LogP contribution < -0.4 is 5.32 Å². The zero-order chi connectivity index (χ0) is 16.9. The molecule has 2 aliphatic heterocycles. The third-order valence-corrected chi connectivity index (χ3v) is 4.79. The molecule has 3 rings (SSSR count). The van der Waals surface area contributed by atoms with Crippen molar-refractivity contribution >= 4 is 11.8 Å². The Labute approximate surface area is 142 Å². The molecule has 1 saturated heterocycles. The summed E-state index contributed by atoms with van der Waals surface area (Å²) in [6, 6.07) is 7.61. The van der Waals surface area contributed by atoms with Crippen molar-refractivity contribution in [2.24, 2.45) is 0 Å². The summed E-state index contributed by atoms with van der Waals surface area (Å²) in [6.45, 7) is 6.78. The Morgan fingerprint density at radius 2 is 1.92 bits per heavy atom. The summed E-state index contributed by atoms with van der Waals surface area (Å²) in [5, 5.41) is 3.00. The van der Waals surface area contributed by atoms with Gasteiger partial charge in [-0.15, -0.1) is 0 Å². The normalized spacial score (nSPS) is 21.2. The molecule has 0 aromatic heterocycles. The van der Waals surface area contributed by atoms with E-state index in [-0.39, 0.29) is 11.8 Å². The van der Waals surface area contributed by atoms with Crippen molar-refractivity contribution < 1.29 is 14.3 Å². The largest absolute Gasteiger partial charge is 0.379 e. The monoisotopic (exact) mass is 331 g/mol. The van der Waals surface area contributed by atoms with Gasteiger partial charge >= 0.3 is 0 Å². The molecule has 0 spiro atoms. The van der Waals surface area contributed by atoms with E-state index in [0.717, 1.165) is 44.0 Å². The number of ether oxygens (including phenoxy) is 1. The van der Waals surface area contributed by atoms with Crippen molar-refractivity contribution in [1.29, 1.82) is 0 Å². The molecule has 1 aromatic carbocycles.